The number of amides is 2. The molecule has 1 N–H and O–H groups in total. The maximum Gasteiger partial charge on any atom is 0.264 e. The first-order valence-electron chi connectivity index (χ1n) is 14.4. The van der Waals surface area contributed by atoms with Crippen LogP contribution in [0, 0.1) is 19.8 Å². The number of hydrogen-bond donors (Lipinski definition) is 1. The third-order valence-electron chi connectivity index (χ3n) is 7.05. The average molecular weight is 644 g/mol. The predicted molar refractivity (Wildman–Crippen MR) is 174 cm³/mol. The van der Waals surface area contributed by atoms with Crippen molar-refractivity contribution in [3.05, 3.63) is 82.4 Å². The zero-order chi connectivity index (χ0) is 32.6. The molecular formula is C33H42ClN3O6S. The zero-order valence-electron chi connectivity index (χ0n) is 26.4. The molecule has 3 rings (SSSR count). The Morgan fingerprint density at radius 3 is 2.07 bits per heavy atom. The second-order valence-electron chi connectivity index (χ2n) is 11.1. The number of halogens is 1. The standard InChI is InChI=1S/C33H42ClN3O6S/c1-8-29(33(39)35-19-22(2)3)36(20-25-9-11-26(34)12-10-25)32(38)21-37(27-16-23(4)15-24(5)17-27)44(40,41)28-13-14-30(42-6)31(18-28)43-7/h9-18,22,29H,8,19-21H2,1-7H3,(H,35,39)/t29-/m1/s1. The highest BCUT2D eigenvalue weighted by Crippen LogP contribution is 2.33. The number of nitrogens with zero attached hydrogens (tertiary/aromatic N) is 2. The molecule has 0 bridgehead atoms. The zero-order valence-corrected chi connectivity index (χ0v) is 28.0. The van der Waals surface area contributed by atoms with Gasteiger partial charge >= 0.3 is 0 Å². The van der Waals surface area contributed by atoms with Crippen molar-refractivity contribution in [1.29, 1.82) is 0 Å². The molecule has 0 radical (unpaired) electrons. The van der Waals surface area contributed by atoms with Crippen molar-refractivity contribution in [1.82, 2.24) is 10.2 Å². The maximum absolute atomic E-state index is 14.3. The molecule has 0 fully saturated rings. The monoisotopic (exact) mass is 643 g/mol. The second-order valence-corrected chi connectivity index (χ2v) is 13.4. The quantitative estimate of drug-likeness (QED) is 0.240. The maximum atomic E-state index is 14.3. The Kier molecular flexibility index (Phi) is 12.1. The molecule has 0 aliphatic heterocycles. The SMILES string of the molecule is CC[C@H](C(=O)NCC(C)C)N(Cc1ccc(Cl)cc1)C(=O)CN(c1cc(C)cc(C)c1)S(=O)(=O)c1ccc(OC)c(OC)c1. The normalized spacial score (nSPS) is 12.0. The van der Waals surface area contributed by atoms with E-state index in [2.05, 4.69) is 5.32 Å². The van der Waals surface area contributed by atoms with Crippen LogP contribution >= 0.6 is 11.6 Å². The Hall–Kier alpha value is -3.76. The minimum Gasteiger partial charge on any atom is -0.493 e. The fourth-order valence-electron chi connectivity index (χ4n) is 4.86. The van der Waals surface area contributed by atoms with Crippen LogP contribution in [0.4, 0.5) is 5.69 Å². The number of methoxy groups -OCH3 is 2. The van der Waals surface area contributed by atoms with Gasteiger partial charge in [0.05, 0.1) is 24.8 Å². The van der Waals surface area contributed by atoms with Gasteiger partial charge in [0.1, 0.15) is 12.6 Å². The van der Waals surface area contributed by atoms with E-state index in [0.717, 1.165) is 21.0 Å². The van der Waals surface area contributed by atoms with E-state index in [4.69, 9.17) is 21.1 Å². The molecule has 238 valence electrons. The highest BCUT2D eigenvalue weighted by molar-refractivity contribution is 7.92. The molecule has 44 heavy (non-hydrogen) atoms. The van der Waals surface area contributed by atoms with Crippen LogP contribution in [-0.2, 0) is 26.2 Å². The van der Waals surface area contributed by atoms with Gasteiger partial charge in [0.15, 0.2) is 11.5 Å². The molecule has 3 aromatic rings. The van der Waals surface area contributed by atoms with E-state index in [1.807, 2.05) is 40.7 Å². The molecule has 3 aromatic carbocycles. The molecule has 0 spiro atoms. The van der Waals surface area contributed by atoms with Crippen LogP contribution in [0.3, 0.4) is 0 Å². The lowest BCUT2D eigenvalue weighted by atomic mass is 10.1. The van der Waals surface area contributed by atoms with Gasteiger partial charge in [-0.3, -0.25) is 13.9 Å². The molecule has 0 saturated heterocycles. The molecule has 2 amide bonds. The smallest absolute Gasteiger partial charge is 0.264 e. The van der Waals surface area contributed by atoms with E-state index < -0.39 is 28.5 Å². The average Bonchev–Trinajstić information content (AvgIpc) is 2.98. The van der Waals surface area contributed by atoms with E-state index in [1.54, 1.807) is 36.4 Å². The third-order valence-corrected chi connectivity index (χ3v) is 9.07. The lowest BCUT2D eigenvalue weighted by molar-refractivity contribution is -0.140. The molecule has 1 atom stereocenters. The number of hydrogen-bond acceptors (Lipinski definition) is 6. The molecule has 0 unspecified atom stereocenters. The number of benzene rings is 3. The van der Waals surface area contributed by atoms with Crippen molar-refractivity contribution in [2.45, 2.75) is 58.5 Å². The summed E-state index contributed by atoms with van der Waals surface area (Å²) in [5.41, 5.74) is 2.74. The van der Waals surface area contributed by atoms with Crippen LogP contribution < -0.4 is 19.1 Å². The Morgan fingerprint density at radius 2 is 1.52 bits per heavy atom. The van der Waals surface area contributed by atoms with Crippen LogP contribution in [0.5, 0.6) is 11.5 Å². The van der Waals surface area contributed by atoms with Crippen molar-refractivity contribution < 1.29 is 27.5 Å². The fraction of sp³-hybridized carbons (Fsp3) is 0.394. The number of rotatable bonds is 14. The molecule has 0 aliphatic carbocycles. The number of ether oxygens (including phenoxy) is 2. The van der Waals surface area contributed by atoms with Gasteiger partial charge in [-0.05, 0) is 79.3 Å². The minimum absolute atomic E-state index is 0.0759. The largest absolute Gasteiger partial charge is 0.493 e. The predicted octanol–water partition coefficient (Wildman–Crippen LogP) is 5.75. The summed E-state index contributed by atoms with van der Waals surface area (Å²) in [4.78, 5) is 29.0. The number of carbonyl (C=O) groups excluding carboxylic acids is 2. The minimum atomic E-state index is -4.29. The molecular weight excluding hydrogens is 602 g/mol. The molecule has 11 heteroatoms. The van der Waals surface area contributed by atoms with Crippen molar-refractivity contribution in [2.24, 2.45) is 5.92 Å². The van der Waals surface area contributed by atoms with Gasteiger partial charge in [0.25, 0.3) is 10.0 Å². The van der Waals surface area contributed by atoms with Gasteiger partial charge in [0.2, 0.25) is 11.8 Å². The second kappa shape index (κ2) is 15.3. The first-order valence-corrected chi connectivity index (χ1v) is 16.3. The Balaban J connectivity index is 2.12. The van der Waals surface area contributed by atoms with Gasteiger partial charge in [-0.2, -0.15) is 0 Å². The van der Waals surface area contributed by atoms with Crippen molar-refractivity contribution in [3.8, 4) is 11.5 Å². The Labute approximate surface area is 266 Å². The number of aryl methyl sites for hydroxylation is 2. The van der Waals surface area contributed by atoms with Crippen molar-refractivity contribution >= 4 is 39.1 Å². The van der Waals surface area contributed by atoms with E-state index >= 15 is 0 Å². The van der Waals surface area contributed by atoms with Gasteiger partial charge in [0, 0.05) is 24.2 Å². The third kappa shape index (κ3) is 8.66. The number of anilines is 1. The van der Waals surface area contributed by atoms with Gasteiger partial charge < -0.3 is 19.7 Å². The molecule has 0 aliphatic rings. The van der Waals surface area contributed by atoms with Gasteiger partial charge in [-0.25, -0.2) is 8.42 Å². The van der Waals surface area contributed by atoms with Crippen LogP contribution in [0.2, 0.25) is 5.02 Å². The summed E-state index contributed by atoms with van der Waals surface area (Å²) in [7, 11) is -1.41. The van der Waals surface area contributed by atoms with Gasteiger partial charge in [-0.1, -0.05) is 50.6 Å². The van der Waals surface area contributed by atoms with Crippen LogP contribution in [0.1, 0.15) is 43.9 Å². The Morgan fingerprint density at radius 1 is 0.909 bits per heavy atom. The fourth-order valence-corrected chi connectivity index (χ4v) is 6.40. The highest BCUT2D eigenvalue weighted by atomic mass is 35.5. The van der Waals surface area contributed by atoms with E-state index in [0.29, 0.717) is 29.4 Å². The van der Waals surface area contributed by atoms with Crippen molar-refractivity contribution in [2.75, 3.05) is 31.6 Å². The summed E-state index contributed by atoms with van der Waals surface area (Å²) in [5, 5.41) is 3.47. The van der Waals surface area contributed by atoms with E-state index in [9.17, 15) is 18.0 Å². The van der Waals surface area contributed by atoms with Gasteiger partial charge in [-0.15, -0.1) is 0 Å². The van der Waals surface area contributed by atoms with Crippen LogP contribution in [-0.4, -0.2) is 58.5 Å². The summed E-state index contributed by atoms with van der Waals surface area (Å²) < 4.78 is 40.3. The van der Waals surface area contributed by atoms with Crippen LogP contribution in [0.15, 0.2) is 65.6 Å². The first kappa shape index (κ1) is 34.7. The number of sulfonamides is 1. The van der Waals surface area contributed by atoms with Crippen molar-refractivity contribution in [3.63, 3.8) is 0 Å². The Bertz CT molecular complexity index is 1540. The summed E-state index contributed by atoms with van der Waals surface area (Å²) in [6, 6.07) is 15.8. The first-order chi connectivity index (χ1) is 20.8. The summed E-state index contributed by atoms with van der Waals surface area (Å²) >= 11 is 6.10. The summed E-state index contributed by atoms with van der Waals surface area (Å²) in [5.74, 6) is -0.0206. The highest BCUT2D eigenvalue weighted by Gasteiger charge is 2.34. The van der Waals surface area contributed by atoms with Crippen LogP contribution in [0.25, 0.3) is 0 Å². The summed E-state index contributed by atoms with van der Waals surface area (Å²) in [6.45, 7) is 9.50. The lowest BCUT2D eigenvalue weighted by Gasteiger charge is -2.33. The number of carbonyl (C=O) groups is 2. The summed E-state index contributed by atoms with van der Waals surface area (Å²) in [6.07, 6.45) is 0.329. The van der Waals surface area contributed by atoms with E-state index in [-0.39, 0.29) is 29.0 Å². The molecule has 9 nitrogen and oxygen atoms in total. The molecule has 0 aromatic heterocycles. The molecule has 0 heterocycles. The van der Waals surface area contributed by atoms with E-state index in [1.165, 1.54) is 37.3 Å². The lowest BCUT2D eigenvalue weighted by Crippen LogP contribution is -2.52. The topological polar surface area (TPSA) is 105 Å². The number of nitrogens with one attached hydrogen (secondary N) is 1. The molecule has 0 saturated carbocycles.